The van der Waals surface area contributed by atoms with E-state index in [1.54, 1.807) is 0 Å². The van der Waals surface area contributed by atoms with Gasteiger partial charge in [-0.05, 0) is 11.5 Å². The lowest BCUT2D eigenvalue weighted by Gasteiger charge is -2.24. The van der Waals surface area contributed by atoms with Crippen molar-refractivity contribution < 1.29 is 14.6 Å². The Morgan fingerprint density at radius 3 is 2.25 bits per heavy atom. The van der Waals surface area contributed by atoms with Crippen LogP contribution in [0.1, 0.15) is 25.5 Å². The van der Waals surface area contributed by atoms with Gasteiger partial charge in [-0.2, -0.15) is 0 Å². The van der Waals surface area contributed by atoms with Gasteiger partial charge in [0.05, 0.1) is 19.1 Å². The molecule has 0 spiro atoms. The number of carbonyl (C=O) groups excluding carboxylic acids is 1. The van der Waals surface area contributed by atoms with Gasteiger partial charge in [0.1, 0.15) is 0 Å². The van der Waals surface area contributed by atoms with Crippen LogP contribution in [0, 0.1) is 11.8 Å². The number of carbonyl (C=O) groups is 1. The zero-order valence-corrected chi connectivity index (χ0v) is 9.88. The molecule has 3 nitrogen and oxygen atoms in total. The number of benzene rings is 1. The van der Waals surface area contributed by atoms with E-state index >= 15 is 0 Å². The fourth-order valence-corrected chi connectivity index (χ4v) is 1.76. The third kappa shape index (κ3) is 2.83. The van der Waals surface area contributed by atoms with Gasteiger partial charge in [-0.3, -0.25) is 4.79 Å². The largest absolute Gasteiger partial charge is 0.469 e. The Balaban J connectivity index is 2.92. The molecule has 0 aliphatic heterocycles. The molecule has 0 aliphatic carbocycles. The molecule has 0 heterocycles. The quantitative estimate of drug-likeness (QED) is 0.794. The third-order valence-electron chi connectivity index (χ3n) is 2.67. The van der Waals surface area contributed by atoms with Crippen molar-refractivity contribution in [2.75, 3.05) is 7.11 Å². The normalized spacial score (nSPS) is 14.6. The van der Waals surface area contributed by atoms with Crippen molar-refractivity contribution in [3.05, 3.63) is 35.9 Å². The summed E-state index contributed by atoms with van der Waals surface area (Å²) in [5, 5.41) is 10.2. The smallest absolute Gasteiger partial charge is 0.311 e. The van der Waals surface area contributed by atoms with Crippen LogP contribution in [0.15, 0.2) is 30.3 Å². The van der Waals surface area contributed by atoms with Gasteiger partial charge in [0.2, 0.25) is 0 Å². The molecule has 0 aliphatic rings. The van der Waals surface area contributed by atoms with Gasteiger partial charge in [0.15, 0.2) is 0 Å². The summed E-state index contributed by atoms with van der Waals surface area (Å²) < 4.78 is 4.72. The highest BCUT2D eigenvalue weighted by molar-refractivity contribution is 5.73. The van der Waals surface area contributed by atoms with Crippen LogP contribution in [0.25, 0.3) is 0 Å². The molecule has 0 radical (unpaired) electrons. The third-order valence-corrected chi connectivity index (χ3v) is 2.67. The average molecular weight is 222 g/mol. The first-order chi connectivity index (χ1) is 7.57. The zero-order valence-electron chi connectivity index (χ0n) is 9.88. The highest BCUT2D eigenvalue weighted by Gasteiger charge is 2.31. The first-order valence-corrected chi connectivity index (χ1v) is 5.38. The van der Waals surface area contributed by atoms with E-state index in [9.17, 15) is 9.90 Å². The van der Waals surface area contributed by atoms with Crippen LogP contribution >= 0.6 is 0 Å². The van der Waals surface area contributed by atoms with Crippen molar-refractivity contribution >= 4 is 5.97 Å². The fourth-order valence-electron chi connectivity index (χ4n) is 1.76. The average Bonchev–Trinajstić information content (AvgIpc) is 2.29. The molecule has 0 amide bonds. The van der Waals surface area contributed by atoms with Crippen molar-refractivity contribution in [3.63, 3.8) is 0 Å². The van der Waals surface area contributed by atoms with E-state index in [4.69, 9.17) is 4.74 Å². The first kappa shape index (κ1) is 12.7. The van der Waals surface area contributed by atoms with Gasteiger partial charge < -0.3 is 9.84 Å². The van der Waals surface area contributed by atoms with Crippen molar-refractivity contribution in [3.8, 4) is 0 Å². The minimum atomic E-state index is -0.811. The highest BCUT2D eigenvalue weighted by Crippen LogP contribution is 2.28. The number of aliphatic hydroxyl groups excluding tert-OH is 1. The van der Waals surface area contributed by atoms with E-state index in [1.165, 1.54) is 7.11 Å². The number of hydrogen-bond acceptors (Lipinski definition) is 3. The molecule has 1 N–H and O–H groups in total. The van der Waals surface area contributed by atoms with Crippen molar-refractivity contribution in [2.24, 2.45) is 11.8 Å². The Hall–Kier alpha value is -1.35. The Kier molecular flexibility index (Phi) is 4.50. The molecule has 1 rings (SSSR count). The Morgan fingerprint density at radius 1 is 1.25 bits per heavy atom. The molecular formula is C13H18O3. The Bertz CT molecular complexity index is 332. The number of aliphatic hydroxyl groups is 1. The van der Waals surface area contributed by atoms with Crippen molar-refractivity contribution in [1.29, 1.82) is 0 Å². The maximum Gasteiger partial charge on any atom is 0.311 e. The molecule has 1 aromatic carbocycles. The standard InChI is InChI=1S/C13H18O3/c1-9(2)11(13(15)16-3)12(14)10-7-5-4-6-8-10/h4-9,11-12,14H,1-3H3/t11-,12+/m0/s1. The predicted molar refractivity (Wildman–Crippen MR) is 61.7 cm³/mol. The van der Waals surface area contributed by atoms with Crippen molar-refractivity contribution in [1.82, 2.24) is 0 Å². The molecule has 1 aromatic rings. The van der Waals surface area contributed by atoms with Gasteiger partial charge in [0, 0.05) is 0 Å². The second-order valence-electron chi connectivity index (χ2n) is 4.15. The summed E-state index contributed by atoms with van der Waals surface area (Å²) in [5.74, 6) is -0.860. The Morgan fingerprint density at radius 2 is 1.81 bits per heavy atom. The summed E-state index contributed by atoms with van der Waals surface area (Å²) in [5.41, 5.74) is 0.742. The van der Waals surface area contributed by atoms with Crippen LogP contribution in [0.5, 0.6) is 0 Å². The number of methoxy groups -OCH3 is 1. The Labute approximate surface area is 96.1 Å². The molecule has 0 fully saturated rings. The molecule has 0 bridgehead atoms. The lowest BCUT2D eigenvalue weighted by molar-refractivity contribution is -0.152. The monoisotopic (exact) mass is 222 g/mol. The second kappa shape index (κ2) is 5.66. The van der Waals surface area contributed by atoms with Crippen LogP contribution in [-0.2, 0) is 9.53 Å². The van der Waals surface area contributed by atoms with E-state index in [0.29, 0.717) is 0 Å². The lowest BCUT2D eigenvalue weighted by Crippen LogP contribution is -2.28. The molecule has 88 valence electrons. The highest BCUT2D eigenvalue weighted by atomic mass is 16.5. The number of ether oxygens (including phenoxy) is 1. The van der Waals surface area contributed by atoms with Crippen LogP contribution in [0.2, 0.25) is 0 Å². The van der Waals surface area contributed by atoms with Crippen LogP contribution in [0.3, 0.4) is 0 Å². The number of rotatable bonds is 4. The summed E-state index contributed by atoms with van der Waals surface area (Å²) in [4.78, 5) is 11.6. The maximum absolute atomic E-state index is 11.6. The molecule has 16 heavy (non-hydrogen) atoms. The summed E-state index contributed by atoms with van der Waals surface area (Å²) in [6.07, 6.45) is -0.811. The lowest BCUT2D eigenvalue weighted by atomic mass is 9.86. The van der Waals surface area contributed by atoms with Gasteiger partial charge in [0.25, 0.3) is 0 Å². The number of hydrogen-bond donors (Lipinski definition) is 1. The summed E-state index contributed by atoms with van der Waals surface area (Å²) >= 11 is 0. The second-order valence-corrected chi connectivity index (χ2v) is 4.15. The molecule has 0 aromatic heterocycles. The topological polar surface area (TPSA) is 46.5 Å². The fraction of sp³-hybridized carbons (Fsp3) is 0.462. The molecule has 3 heteroatoms. The van der Waals surface area contributed by atoms with E-state index in [2.05, 4.69) is 0 Å². The van der Waals surface area contributed by atoms with Gasteiger partial charge in [-0.15, -0.1) is 0 Å². The minimum Gasteiger partial charge on any atom is -0.469 e. The summed E-state index contributed by atoms with van der Waals surface area (Å²) in [6, 6.07) is 9.17. The van der Waals surface area contributed by atoms with Crippen LogP contribution in [-0.4, -0.2) is 18.2 Å². The molecular weight excluding hydrogens is 204 g/mol. The summed E-state index contributed by atoms with van der Waals surface area (Å²) in [6.45, 7) is 3.79. The first-order valence-electron chi connectivity index (χ1n) is 5.38. The van der Waals surface area contributed by atoms with E-state index in [1.807, 2.05) is 44.2 Å². The number of esters is 1. The predicted octanol–water partition coefficient (Wildman–Crippen LogP) is 2.17. The molecule has 0 unspecified atom stereocenters. The minimum absolute atomic E-state index is 0.0302. The van der Waals surface area contributed by atoms with Gasteiger partial charge in [-0.25, -0.2) is 0 Å². The van der Waals surface area contributed by atoms with Crippen molar-refractivity contribution in [2.45, 2.75) is 20.0 Å². The maximum atomic E-state index is 11.6. The van der Waals surface area contributed by atoms with E-state index in [0.717, 1.165) is 5.56 Å². The molecule has 0 saturated carbocycles. The van der Waals surface area contributed by atoms with Crippen LogP contribution < -0.4 is 0 Å². The van der Waals surface area contributed by atoms with Crippen LogP contribution in [0.4, 0.5) is 0 Å². The van der Waals surface area contributed by atoms with E-state index < -0.39 is 12.0 Å². The SMILES string of the molecule is COC(=O)[C@@H](C(C)C)[C@H](O)c1ccccc1. The van der Waals surface area contributed by atoms with E-state index in [-0.39, 0.29) is 11.9 Å². The molecule has 0 saturated heterocycles. The zero-order chi connectivity index (χ0) is 12.1. The van der Waals surface area contributed by atoms with Gasteiger partial charge >= 0.3 is 5.97 Å². The molecule has 2 atom stereocenters. The van der Waals surface area contributed by atoms with Gasteiger partial charge in [-0.1, -0.05) is 44.2 Å². The summed E-state index contributed by atoms with van der Waals surface area (Å²) in [7, 11) is 1.34.